The van der Waals surface area contributed by atoms with E-state index in [9.17, 15) is 18.0 Å². The number of para-hydroxylation sites is 2. The summed E-state index contributed by atoms with van der Waals surface area (Å²) in [6.45, 7) is -0.00889. The number of pyridine rings is 1. The van der Waals surface area contributed by atoms with E-state index in [0.717, 1.165) is 6.26 Å². The van der Waals surface area contributed by atoms with Crippen LogP contribution < -0.4 is 15.5 Å². The van der Waals surface area contributed by atoms with Crippen molar-refractivity contribution in [1.82, 2.24) is 4.57 Å². The number of amides is 1. The maximum absolute atomic E-state index is 12.8. The highest BCUT2D eigenvalue weighted by Crippen LogP contribution is 2.20. The van der Waals surface area contributed by atoms with Gasteiger partial charge in [0, 0.05) is 16.5 Å². The number of sulfonamides is 1. The zero-order valence-electron chi connectivity index (χ0n) is 16.1. The molecule has 30 heavy (non-hydrogen) atoms. The SMILES string of the molecule is CS(=O)(=O)Nc1cccc(NC(=O)Cn2c3ccccc3c(=O)c3ccccc32)c1. The van der Waals surface area contributed by atoms with Crippen molar-refractivity contribution in [3.63, 3.8) is 0 Å². The number of fused-ring (bicyclic) bond motifs is 2. The van der Waals surface area contributed by atoms with Crippen LogP contribution in [0.4, 0.5) is 11.4 Å². The van der Waals surface area contributed by atoms with E-state index in [0.29, 0.717) is 33.2 Å². The summed E-state index contributed by atoms with van der Waals surface area (Å²) in [6, 6.07) is 20.8. The lowest BCUT2D eigenvalue weighted by Gasteiger charge is -2.15. The first-order valence-electron chi connectivity index (χ1n) is 9.20. The number of rotatable bonds is 5. The minimum Gasteiger partial charge on any atom is -0.331 e. The predicted octanol–water partition coefficient (Wildman–Crippen LogP) is 3.16. The Morgan fingerprint density at radius 2 is 1.43 bits per heavy atom. The third-order valence-electron chi connectivity index (χ3n) is 4.63. The lowest BCUT2D eigenvalue weighted by atomic mass is 10.1. The first kappa shape index (κ1) is 19.7. The van der Waals surface area contributed by atoms with Crippen LogP contribution in [-0.4, -0.2) is 25.1 Å². The second kappa shape index (κ2) is 7.64. The number of benzene rings is 3. The van der Waals surface area contributed by atoms with Crippen LogP contribution in [0.1, 0.15) is 0 Å². The van der Waals surface area contributed by atoms with Gasteiger partial charge >= 0.3 is 0 Å². The smallest absolute Gasteiger partial charge is 0.244 e. The molecule has 0 atom stereocenters. The number of carbonyl (C=O) groups excluding carboxylic acids is 1. The molecule has 0 fully saturated rings. The number of aromatic nitrogens is 1. The molecule has 0 unspecified atom stereocenters. The van der Waals surface area contributed by atoms with Gasteiger partial charge < -0.3 is 9.88 Å². The zero-order valence-corrected chi connectivity index (χ0v) is 16.9. The average Bonchev–Trinajstić information content (AvgIpc) is 2.70. The molecule has 0 spiro atoms. The van der Waals surface area contributed by atoms with Gasteiger partial charge in [0.05, 0.1) is 23.0 Å². The van der Waals surface area contributed by atoms with Crippen LogP contribution in [0, 0.1) is 0 Å². The summed E-state index contributed by atoms with van der Waals surface area (Å²) < 4.78 is 27.0. The highest BCUT2D eigenvalue weighted by molar-refractivity contribution is 7.92. The van der Waals surface area contributed by atoms with E-state index in [1.54, 1.807) is 53.1 Å². The summed E-state index contributed by atoms with van der Waals surface area (Å²) in [5.41, 5.74) is 2.09. The minimum absolute atomic E-state index is 0.00889. The Kier molecular flexibility index (Phi) is 5.01. The van der Waals surface area contributed by atoms with Crippen molar-refractivity contribution in [2.75, 3.05) is 16.3 Å². The largest absolute Gasteiger partial charge is 0.331 e. The normalized spacial score (nSPS) is 11.5. The first-order chi connectivity index (χ1) is 14.3. The molecule has 1 aromatic heterocycles. The molecular formula is C22H19N3O4S. The molecule has 0 aliphatic rings. The van der Waals surface area contributed by atoms with Crippen molar-refractivity contribution >= 4 is 49.1 Å². The van der Waals surface area contributed by atoms with Crippen molar-refractivity contribution in [2.45, 2.75) is 6.54 Å². The molecule has 0 saturated carbocycles. The van der Waals surface area contributed by atoms with E-state index in [4.69, 9.17) is 0 Å². The number of hydrogen-bond donors (Lipinski definition) is 2. The fourth-order valence-corrected chi connectivity index (χ4v) is 4.02. The van der Waals surface area contributed by atoms with E-state index in [-0.39, 0.29) is 17.9 Å². The van der Waals surface area contributed by atoms with Gasteiger partial charge in [0.2, 0.25) is 15.9 Å². The number of anilines is 2. The average molecular weight is 421 g/mol. The van der Waals surface area contributed by atoms with Gasteiger partial charge in [0.1, 0.15) is 6.54 Å². The molecule has 4 rings (SSSR count). The van der Waals surface area contributed by atoms with Crippen LogP contribution in [0.3, 0.4) is 0 Å². The third kappa shape index (κ3) is 4.04. The molecule has 2 N–H and O–H groups in total. The van der Waals surface area contributed by atoms with E-state index >= 15 is 0 Å². The zero-order chi connectivity index (χ0) is 21.3. The van der Waals surface area contributed by atoms with Gasteiger partial charge in [0.25, 0.3) is 0 Å². The second-order valence-corrected chi connectivity index (χ2v) is 8.70. The van der Waals surface area contributed by atoms with Crippen LogP contribution in [0.5, 0.6) is 0 Å². The van der Waals surface area contributed by atoms with Crippen molar-refractivity contribution < 1.29 is 13.2 Å². The summed E-state index contributed by atoms with van der Waals surface area (Å²) >= 11 is 0. The van der Waals surface area contributed by atoms with E-state index < -0.39 is 10.0 Å². The van der Waals surface area contributed by atoms with Gasteiger partial charge in [-0.15, -0.1) is 0 Å². The lowest BCUT2D eigenvalue weighted by molar-refractivity contribution is -0.116. The highest BCUT2D eigenvalue weighted by atomic mass is 32.2. The highest BCUT2D eigenvalue weighted by Gasteiger charge is 2.13. The molecule has 0 aliphatic carbocycles. The molecule has 1 amide bonds. The van der Waals surface area contributed by atoms with Gasteiger partial charge in [-0.2, -0.15) is 0 Å². The van der Waals surface area contributed by atoms with Crippen LogP contribution in [0.25, 0.3) is 21.8 Å². The summed E-state index contributed by atoms with van der Waals surface area (Å²) in [7, 11) is -3.42. The topological polar surface area (TPSA) is 97.3 Å². The van der Waals surface area contributed by atoms with Gasteiger partial charge in [-0.05, 0) is 42.5 Å². The Bertz CT molecular complexity index is 1380. The summed E-state index contributed by atoms with van der Waals surface area (Å²) in [5.74, 6) is -0.300. The van der Waals surface area contributed by atoms with Crippen LogP contribution in [-0.2, 0) is 21.4 Å². The van der Waals surface area contributed by atoms with Gasteiger partial charge in [0.15, 0.2) is 5.43 Å². The van der Waals surface area contributed by atoms with E-state index in [2.05, 4.69) is 10.0 Å². The molecule has 0 saturated heterocycles. The van der Waals surface area contributed by atoms with Crippen molar-refractivity contribution in [2.24, 2.45) is 0 Å². The molecule has 7 nitrogen and oxygen atoms in total. The molecule has 4 aromatic rings. The van der Waals surface area contributed by atoms with E-state index in [1.807, 2.05) is 24.3 Å². The summed E-state index contributed by atoms with van der Waals surface area (Å²) in [4.78, 5) is 25.6. The molecule has 152 valence electrons. The Morgan fingerprint density at radius 3 is 2.03 bits per heavy atom. The van der Waals surface area contributed by atoms with Crippen LogP contribution in [0.2, 0.25) is 0 Å². The van der Waals surface area contributed by atoms with Crippen LogP contribution in [0.15, 0.2) is 77.6 Å². The fourth-order valence-electron chi connectivity index (χ4n) is 3.47. The number of nitrogens with one attached hydrogen (secondary N) is 2. The number of carbonyl (C=O) groups is 1. The van der Waals surface area contributed by atoms with Crippen molar-refractivity contribution in [1.29, 1.82) is 0 Å². The second-order valence-electron chi connectivity index (χ2n) is 6.95. The van der Waals surface area contributed by atoms with Gasteiger partial charge in [-0.1, -0.05) is 30.3 Å². The first-order valence-corrected chi connectivity index (χ1v) is 11.1. The molecule has 1 heterocycles. The van der Waals surface area contributed by atoms with E-state index in [1.165, 1.54) is 0 Å². The Morgan fingerprint density at radius 1 is 0.867 bits per heavy atom. The third-order valence-corrected chi connectivity index (χ3v) is 5.24. The summed E-state index contributed by atoms with van der Waals surface area (Å²) in [5, 5.41) is 3.88. The Labute approximate surface area is 173 Å². The minimum atomic E-state index is -3.42. The maximum Gasteiger partial charge on any atom is 0.244 e. The monoisotopic (exact) mass is 421 g/mol. The van der Waals surface area contributed by atoms with Crippen LogP contribution >= 0.6 is 0 Å². The Balaban J connectivity index is 1.69. The maximum atomic E-state index is 12.8. The van der Waals surface area contributed by atoms with Crippen molar-refractivity contribution in [3.05, 3.63) is 83.0 Å². The molecule has 0 bridgehead atoms. The standard InChI is InChI=1S/C22H19N3O4S/c1-30(28,29)24-16-8-6-7-15(13-16)23-21(26)14-25-19-11-4-2-9-17(19)22(27)18-10-3-5-12-20(18)25/h2-13,24H,14H2,1H3,(H,23,26). The number of nitrogens with zero attached hydrogens (tertiary/aromatic N) is 1. The van der Waals surface area contributed by atoms with Crippen molar-refractivity contribution in [3.8, 4) is 0 Å². The number of hydrogen-bond acceptors (Lipinski definition) is 4. The summed E-state index contributed by atoms with van der Waals surface area (Å²) in [6.07, 6.45) is 1.06. The Hall–Kier alpha value is -3.65. The fraction of sp³-hybridized carbons (Fsp3) is 0.0909. The molecular weight excluding hydrogens is 402 g/mol. The molecule has 0 aliphatic heterocycles. The molecule has 0 radical (unpaired) electrons. The molecule has 3 aromatic carbocycles. The lowest BCUT2D eigenvalue weighted by Crippen LogP contribution is -2.21. The van der Waals surface area contributed by atoms with Gasteiger partial charge in [-0.3, -0.25) is 14.3 Å². The molecule has 8 heteroatoms. The quantitative estimate of drug-likeness (QED) is 0.484. The van der Waals surface area contributed by atoms with Gasteiger partial charge in [-0.25, -0.2) is 8.42 Å². The predicted molar refractivity (Wildman–Crippen MR) is 119 cm³/mol.